The average Bonchev–Trinajstić information content (AvgIpc) is 3.05. The average molecular weight is 335 g/mol. The Balaban J connectivity index is 2.28. The number of nitrogens with one attached hydrogen (secondary N) is 3. The van der Waals surface area contributed by atoms with Gasteiger partial charge in [0.1, 0.15) is 11.7 Å². The van der Waals surface area contributed by atoms with Crippen molar-refractivity contribution in [2.45, 2.75) is 13.0 Å². The Morgan fingerprint density at radius 3 is 2.38 bits per heavy atom. The molecule has 0 bridgehead atoms. The van der Waals surface area contributed by atoms with Crippen molar-refractivity contribution in [3.05, 3.63) is 58.9 Å². The number of hydrogen-bond acceptors (Lipinski definition) is 3. The van der Waals surface area contributed by atoms with Crippen LogP contribution >= 0.6 is 0 Å². The van der Waals surface area contributed by atoms with Gasteiger partial charge in [0.2, 0.25) is 5.91 Å². The molecule has 0 aliphatic rings. The van der Waals surface area contributed by atoms with Gasteiger partial charge in [-0.25, -0.2) is 8.78 Å². The van der Waals surface area contributed by atoms with Crippen molar-refractivity contribution >= 4 is 17.6 Å². The third-order valence-electron chi connectivity index (χ3n) is 3.40. The molecule has 2 amide bonds. The molecule has 0 saturated heterocycles. The van der Waals surface area contributed by atoms with E-state index >= 15 is 0 Å². The number of Topliss-reactive ketones (excluding diaryl/α,β-unsaturated/α-hetero) is 1. The number of halogens is 2. The molecule has 24 heavy (non-hydrogen) atoms. The van der Waals surface area contributed by atoms with Crippen molar-refractivity contribution in [1.29, 1.82) is 0 Å². The van der Waals surface area contributed by atoms with E-state index in [1.54, 1.807) is 0 Å². The van der Waals surface area contributed by atoms with Crippen LogP contribution in [-0.2, 0) is 4.79 Å². The Labute approximate surface area is 136 Å². The predicted molar refractivity (Wildman–Crippen MR) is 81.4 cm³/mol. The molecule has 0 aliphatic carbocycles. The molecule has 1 atom stereocenters. The standard InChI is InChI=1S/C16H15F2N3O3/c1-8(22)10-6-13(20-7-10)15(23)21-14(16(24)19-2)9-3-4-11(17)12(18)5-9/h3-7,14,20H,1-2H3,(H,19,24)(H,21,23). The molecule has 126 valence electrons. The molecule has 2 rings (SSSR count). The van der Waals surface area contributed by atoms with E-state index in [0.29, 0.717) is 5.56 Å². The monoisotopic (exact) mass is 335 g/mol. The highest BCUT2D eigenvalue weighted by atomic mass is 19.2. The molecule has 1 unspecified atom stereocenters. The number of aromatic nitrogens is 1. The van der Waals surface area contributed by atoms with Gasteiger partial charge in [-0.3, -0.25) is 14.4 Å². The number of carbonyl (C=O) groups is 3. The lowest BCUT2D eigenvalue weighted by Crippen LogP contribution is -2.39. The number of rotatable bonds is 5. The fraction of sp³-hybridized carbons (Fsp3) is 0.188. The van der Waals surface area contributed by atoms with Crippen molar-refractivity contribution < 1.29 is 23.2 Å². The summed E-state index contributed by atoms with van der Waals surface area (Å²) in [6, 6.07) is 3.03. The van der Waals surface area contributed by atoms with Gasteiger partial charge in [0.15, 0.2) is 17.4 Å². The molecule has 0 aliphatic heterocycles. The zero-order valence-electron chi connectivity index (χ0n) is 12.9. The van der Waals surface area contributed by atoms with Crippen LogP contribution in [0.1, 0.15) is 39.4 Å². The normalized spacial score (nSPS) is 11.7. The summed E-state index contributed by atoms with van der Waals surface area (Å²) in [6.07, 6.45) is 1.36. The molecule has 0 radical (unpaired) electrons. The van der Waals surface area contributed by atoms with E-state index < -0.39 is 29.5 Å². The molecule has 0 fully saturated rings. The summed E-state index contributed by atoms with van der Waals surface area (Å²) in [6.45, 7) is 1.35. The maximum atomic E-state index is 13.4. The fourth-order valence-electron chi connectivity index (χ4n) is 2.07. The Morgan fingerprint density at radius 2 is 1.83 bits per heavy atom. The van der Waals surface area contributed by atoms with Gasteiger partial charge in [-0.2, -0.15) is 0 Å². The molecule has 1 aromatic carbocycles. The summed E-state index contributed by atoms with van der Waals surface area (Å²) in [7, 11) is 1.35. The van der Waals surface area contributed by atoms with E-state index in [4.69, 9.17) is 0 Å². The van der Waals surface area contributed by atoms with Crippen molar-refractivity contribution in [1.82, 2.24) is 15.6 Å². The fourth-order valence-corrected chi connectivity index (χ4v) is 2.07. The number of ketones is 1. The topological polar surface area (TPSA) is 91.1 Å². The van der Waals surface area contributed by atoms with E-state index in [2.05, 4.69) is 15.6 Å². The first-order valence-electron chi connectivity index (χ1n) is 7.00. The van der Waals surface area contributed by atoms with Gasteiger partial charge in [0.25, 0.3) is 5.91 Å². The lowest BCUT2D eigenvalue weighted by Gasteiger charge is -2.17. The second-order valence-corrected chi connectivity index (χ2v) is 5.05. The lowest BCUT2D eigenvalue weighted by molar-refractivity contribution is -0.122. The van der Waals surface area contributed by atoms with Gasteiger partial charge in [0, 0.05) is 18.8 Å². The summed E-state index contributed by atoms with van der Waals surface area (Å²) in [4.78, 5) is 38.1. The number of aromatic amines is 1. The van der Waals surface area contributed by atoms with E-state index in [1.165, 1.54) is 32.3 Å². The van der Waals surface area contributed by atoms with Crippen LogP contribution in [-0.4, -0.2) is 29.6 Å². The lowest BCUT2D eigenvalue weighted by atomic mass is 10.1. The minimum Gasteiger partial charge on any atom is -0.357 e. The molecule has 1 heterocycles. The van der Waals surface area contributed by atoms with Crippen LogP contribution < -0.4 is 10.6 Å². The molecule has 3 N–H and O–H groups in total. The summed E-state index contributed by atoms with van der Waals surface area (Å²) < 4.78 is 26.4. The van der Waals surface area contributed by atoms with Gasteiger partial charge in [0.05, 0.1) is 0 Å². The van der Waals surface area contributed by atoms with Crippen molar-refractivity contribution in [2.24, 2.45) is 0 Å². The van der Waals surface area contributed by atoms with E-state index in [9.17, 15) is 23.2 Å². The first-order chi connectivity index (χ1) is 11.3. The number of amides is 2. The smallest absolute Gasteiger partial charge is 0.268 e. The molecule has 0 saturated carbocycles. The maximum Gasteiger partial charge on any atom is 0.268 e. The maximum absolute atomic E-state index is 13.4. The van der Waals surface area contributed by atoms with Crippen molar-refractivity contribution in [3.8, 4) is 0 Å². The minimum atomic E-state index is -1.22. The van der Waals surface area contributed by atoms with Crippen LogP contribution in [0.5, 0.6) is 0 Å². The molecule has 0 spiro atoms. The van der Waals surface area contributed by atoms with Gasteiger partial charge >= 0.3 is 0 Å². The molecule has 8 heteroatoms. The Kier molecular flexibility index (Phi) is 5.08. The van der Waals surface area contributed by atoms with Crippen LogP contribution in [0, 0.1) is 11.6 Å². The Hall–Kier alpha value is -3.03. The van der Waals surface area contributed by atoms with Crippen LogP contribution in [0.3, 0.4) is 0 Å². The number of hydrogen-bond donors (Lipinski definition) is 3. The quantitative estimate of drug-likeness (QED) is 0.727. The number of benzene rings is 1. The minimum absolute atomic E-state index is 0.0664. The van der Waals surface area contributed by atoms with E-state index in [1.807, 2.05) is 0 Å². The van der Waals surface area contributed by atoms with E-state index in [0.717, 1.165) is 12.1 Å². The second kappa shape index (κ2) is 7.03. The van der Waals surface area contributed by atoms with Crippen LogP contribution in [0.4, 0.5) is 8.78 Å². The first kappa shape index (κ1) is 17.3. The molecule has 2 aromatic rings. The molecule has 6 nitrogen and oxygen atoms in total. The third-order valence-corrected chi connectivity index (χ3v) is 3.40. The largest absolute Gasteiger partial charge is 0.357 e. The first-order valence-corrected chi connectivity index (χ1v) is 7.00. The number of likely N-dealkylation sites (N-methyl/N-ethyl adjacent to an activating group) is 1. The van der Waals surface area contributed by atoms with Crippen molar-refractivity contribution in [3.63, 3.8) is 0 Å². The summed E-state index contributed by atoms with van der Waals surface area (Å²) in [5.74, 6) is -3.69. The number of carbonyl (C=O) groups excluding carboxylic acids is 3. The van der Waals surface area contributed by atoms with Crippen LogP contribution in [0.25, 0.3) is 0 Å². The summed E-state index contributed by atoms with van der Waals surface area (Å²) in [5.41, 5.74) is 0.459. The van der Waals surface area contributed by atoms with Crippen LogP contribution in [0.15, 0.2) is 30.5 Å². The molecule has 1 aromatic heterocycles. The second-order valence-electron chi connectivity index (χ2n) is 5.05. The third kappa shape index (κ3) is 3.65. The number of H-pyrrole nitrogens is 1. The Morgan fingerprint density at radius 1 is 1.12 bits per heavy atom. The highest BCUT2D eigenvalue weighted by Gasteiger charge is 2.24. The summed E-state index contributed by atoms with van der Waals surface area (Å²) >= 11 is 0. The zero-order chi connectivity index (χ0) is 17.9. The summed E-state index contributed by atoms with van der Waals surface area (Å²) in [5, 5.41) is 4.76. The van der Waals surface area contributed by atoms with Gasteiger partial charge < -0.3 is 15.6 Å². The highest BCUT2D eigenvalue weighted by Crippen LogP contribution is 2.17. The SMILES string of the molecule is CNC(=O)C(NC(=O)c1cc(C(C)=O)c[nH]1)c1ccc(F)c(F)c1. The van der Waals surface area contributed by atoms with Gasteiger partial charge in [-0.15, -0.1) is 0 Å². The van der Waals surface area contributed by atoms with Gasteiger partial charge in [-0.05, 0) is 30.7 Å². The zero-order valence-corrected chi connectivity index (χ0v) is 12.9. The van der Waals surface area contributed by atoms with Crippen molar-refractivity contribution in [2.75, 3.05) is 7.05 Å². The van der Waals surface area contributed by atoms with Gasteiger partial charge in [-0.1, -0.05) is 6.07 Å². The highest BCUT2D eigenvalue weighted by molar-refractivity contribution is 6.00. The van der Waals surface area contributed by atoms with Crippen LogP contribution in [0.2, 0.25) is 0 Å². The Bertz CT molecular complexity index is 802. The molecular weight excluding hydrogens is 320 g/mol. The predicted octanol–water partition coefficient (Wildman–Crippen LogP) is 1.71. The van der Waals surface area contributed by atoms with E-state index in [-0.39, 0.29) is 17.0 Å². The molecular formula is C16H15F2N3O3.